The average Bonchev–Trinajstić information content (AvgIpc) is 2.32. The van der Waals surface area contributed by atoms with Crippen molar-refractivity contribution in [1.82, 2.24) is 0 Å². The van der Waals surface area contributed by atoms with Gasteiger partial charge in [-0.25, -0.2) is 0 Å². The second-order valence-corrected chi connectivity index (χ2v) is 6.53. The summed E-state index contributed by atoms with van der Waals surface area (Å²) >= 11 is 2.36. The lowest BCUT2D eigenvalue weighted by Gasteiger charge is -2.31. The van der Waals surface area contributed by atoms with Gasteiger partial charge in [-0.2, -0.15) is 0 Å². The Kier molecular flexibility index (Phi) is 4.47. The number of benzene rings is 1. The quantitative estimate of drug-likeness (QED) is 0.786. The van der Waals surface area contributed by atoms with Crippen LogP contribution in [-0.4, -0.2) is 5.11 Å². The van der Waals surface area contributed by atoms with E-state index in [4.69, 9.17) is 0 Å². The second kappa shape index (κ2) is 5.70. The molecule has 2 heteroatoms. The molecular formula is C15H21IO. The maximum atomic E-state index is 10.6. The number of halogens is 1. The van der Waals surface area contributed by atoms with Crippen molar-refractivity contribution in [3.63, 3.8) is 0 Å². The Bertz CT molecular complexity index is 389. The lowest BCUT2D eigenvalue weighted by molar-refractivity contribution is 0.0707. The van der Waals surface area contributed by atoms with Crippen LogP contribution in [0, 0.1) is 22.3 Å². The highest BCUT2D eigenvalue weighted by atomic mass is 127. The molecule has 0 radical (unpaired) electrons. The summed E-state index contributed by atoms with van der Waals surface area (Å²) in [5.41, 5.74) is 2.40. The highest BCUT2D eigenvalue weighted by molar-refractivity contribution is 14.1. The van der Waals surface area contributed by atoms with Gasteiger partial charge >= 0.3 is 0 Å². The van der Waals surface area contributed by atoms with Crippen molar-refractivity contribution in [3.8, 4) is 0 Å². The topological polar surface area (TPSA) is 20.2 Å². The van der Waals surface area contributed by atoms with E-state index in [-0.39, 0.29) is 6.10 Å². The van der Waals surface area contributed by atoms with Crippen LogP contribution in [0.2, 0.25) is 0 Å². The van der Waals surface area contributed by atoms with E-state index >= 15 is 0 Å². The summed E-state index contributed by atoms with van der Waals surface area (Å²) in [7, 11) is 0. The van der Waals surface area contributed by atoms with Crippen LogP contribution in [0.15, 0.2) is 18.2 Å². The summed E-state index contributed by atoms with van der Waals surface area (Å²) in [6, 6.07) is 6.25. The molecule has 1 N–H and O–H groups in total. The standard InChI is InChI=1S/C15H21IO/c1-10-5-3-7-12(9-10)15(17)13-8-4-6-11(2)14(13)16/h4,6,8,10,12,15,17H,3,5,7,9H2,1-2H3. The van der Waals surface area contributed by atoms with E-state index in [1.807, 2.05) is 0 Å². The Hall–Kier alpha value is -0.0900. The number of rotatable bonds is 2. The van der Waals surface area contributed by atoms with Gasteiger partial charge < -0.3 is 5.11 Å². The van der Waals surface area contributed by atoms with Gasteiger partial charge in [-0.15, -0.1) is 0 Å². The van der Waals surface area contributed by atoms with Gasteiger partial charge in [0.25, 0.3) is 0 Å². The zero-order chi connectivity index (χ0) is 12.4. The van der Waals surface area contributed by atoms with Crippen molar-refractivity contribution in [2.75, 3.05) is 0 Å². The Morgan fingerprint density at radius 2 is 2.12 bits per heavy atom. The molecule has 0 amide bonds. The van der Waals surface area contributed by atoms with Gasteiger partial charge in [-0.1, -0.05) is 38.0 Å². The lowest BCUT2D eigenvalue weighted by Crippen LogP contribution is -2.21. The lowest BCUT2D eigenvalue weighted by atomic mass is 9.78. The molecule has 3 atom stereocenters. The molecule has 1 aromatic rings. The third-order valence-electron chi connectivity index (χ3n) is 3.96. The molecule has 0 heterocycles. The van der Waals surface area contributed by atoms with Crippen LogP contribution < -0.4 is 0 Å². The van der Waals surface area contributed by atoms with Gasteiger partial charge in [0.05, 0.1) is 6.10 Å². The molecular weight excluding hydrogens is 323 g/mol. The number of hydrogen-bond donors (Lipinski definition) is 1. The molecule has 0 aliphatic heterocycles. The second-order valence-electron chi connectivity index (χ2n) is 5.45. The van der Waals surface area contributed by atoms with Crippen molar-refractivity contribution < 1.29 is 5.11 Å². The van der Waals surface area contributed by atoms with Crippen molar-refractivity contribution in [2.24, 2.45) is 11.8 Å². The van der Waals surface area contributed by atoms with Gasteiger partial charge in [-0.05, 0) is 65.3 Å². The number of aliphatic hydroxyl groups excluding tert-OH is 1. The van der Waals surface area contributed by atoms with Gasteiger partial charge in [0.15, 0.2) is 0 Å². The third kappa shape index (κ3) is 3.02. The molecule has 1 saturated carbocycles. The first-order valence-electron chi connectivity index (χ1n) is 6.52. The molecule has 1 aliphatic carbocycles. The monoisotopic (exact) mass is 344 g/mol. The molecule has 94 valence electrons. The minimum Gasteiger partial charge on any atom is -0.388 e. The summed E-state index contributed by atoms with van der Waals surface area (Å²) in [6.45, 7) is 4.42. The molecule has 3 unspecified atom stereocenters. The highest BCUT2D eigenvalue weighted by Crippen LogP contribution is 2.38. The predicted octanol–water partition coefficient (Wildman–Crippen LogP) is 4.46. The minimum absolute atomic E-state index is 0.274. The van der Waals surface area contributed by atoms with Crippen molar-refractivity contribution >= 4 is 22.6 Å². The fraction of sp³-hybridized carbons (Fsp3) is 0.600. The molecule has 1 aliphatic rings. The zero-order valence-electron chi connectivity index (χ0n) is 10.6. The summed E-state index contributed by atoms with van der Waals surface area (Å²) in [5, 5.41) is 10.6. The molecule has 0 aromatic heterocycles. The maximum absolute atomic E-state index is 10.6. The fourth-order valence-electron chi connectivity index (χ4n) is 2.92. The molecule has 2 rings (SSSR count). The van der Waals surface area contributed by atoms with E-state index in [2.05, 4.69) is 54.6 Å². The van der Waals surface area contributed by atoms with E-state index in [9.17, 15) is 5.11 Å². The van der Waals surface area contributed by atoms with Crippen LogP contribution in [-0.2, 0) is 0 Å². The fourth-order valence-corrected chi connectivity index (χ4v) is 3.60. The van der Waals surface area contributed by atoms with Crippen LogP contribution >= 0.6 is 22.6 Å². The summed E-state index contributed by atoms with van der Waals surface area (Å²) in [5.74, 6) is 1.22. The van der Waals surface area contributed by atoms with Gasteiger partial charge in [0.1, 0.15) is 0 Å². The molecule has 1 nitrogen and oxygen atoms in total. The molecule has 1 fully saturated rings. The normalized spacial score (nSPS) is 26.8. The van der Waals surface area contributed by atoms with Crippen LogP contribution in [0.25, 0.3) is 0 Å². The first kappa shape index (κ1) is 13.3. The van der Waals surface area contributed by atoms with Crippen molar-refractivity contribution in [1.29, 1.82) is 0 Å². The minimum atomic E-state index is -0.274. The molecule has 0 bridgehead atoms. The third-order valence-corrected chi connectivity index (χ3v) is 5.44. The number of hydrogen-bond acceptors (Lipinski definition) is 1. The molecule has 0 saturated heterocycles. The van der Waals surface area contributed by atoms with Crippen LogP contribution in [0.4, 0.5) is 0 Å². The van der Waals surface area contributed by atoms with Gasteiger partial charge in [0, 0.05) is 3.57 Å². The van der Waals surface area contributed by atoms with E-state index in [0.29, 0.717) is 5.92 Å². The largest absolute Gasteiger partial charge is 0.388 e. The Morgan fingerprint density at radius 1 is 1.35 bits per heavy atom. The van der Waals surface area contributed by atoms with Crippen molar-refractivity contribution in [2.45, 2.75) is 45.6 Å². The van der Waals surface area contributed by atoms with Crippen LogP contribution in [0.5, 0.6) is 0 Å². The number of aliphatic hydroxyl groups is 1. The Balaban J connectivity index is 2.18. The number of aryl methyl sites for hydroxylation is 1. The first-order valence-corrected chi connectivity index (χ1v) is 7.60. The summed E-state index contributed by atoms with van der Waals surface area (Å²) in [6.07, 6.45) is 4.67. The summed E-state index contributed by atoms with van der Waals surface area (Å²) < 4.78 is 1.23. The predicted molar refractivity (Wildman–Crippen MR) is 80.0 cm³/mol. The zero-order valence-corrected chi connectivity index (χ0v) is 12.8. The maximum Gasteiger partial charge on any atom is 0.0828 e. The Labute approximate surface area is 118 Å². The molecule has 17 heavy (non-hydrogen) atoms. The van der Waals surface area contributed by atoms with Crippen LogP contribution in [0.1, 0.15) is 49.8 Å². The van der Waals surface area contributed by atoms with E-state index < -0.39 is 0 Å². The van der Waals surface area contributed by atoms with E-state index in [0.717, 1.165) is 11.5 Å². The Morgan fingerprint density at radius 3 is 2.82 bits per heavy atom. The van der Waals surface area contributed by atoms with Crippen molar-refractivity contribution in [3.05, 3.63) is 32.9 Å². The summed E-state index contributed by atoms with van der Waals surface area (Å²) in [4.78, 5) is 0. The molecule has 1 aromatic carbocycles. The SMILES string of the molecule is Cc1cccc(C(O)C2CCCC(C)C2)c1I. The van der Waals surface area contributed by atoms with E-state index in [1.54, 1.807) is 0 Å². The van der Waals surface area contributed by atoms with Gasteiger partial charge in [-0.3, -0.25) is 0 Å². The highest BCUT2D eigenvalue weighted by Gasteiger charge is 2.27. The first-order chi connectivity index (χ1) is 8.09. The van der Waals surface area contributed by atoms with Gasteiger partial charge in [0.2, 0.25) is 0 Å². The van der Waals surface area contributed by atoms with Crippen LogP contribution in [0.3, 0.4) is 0 Å². The smallest absolute Gasteiger partial charge is 0.0828 e. The van der Waals surface area contributed by atoms with E-state index in [1.165, 1.54) is 34.8 Å². The average molecular weight is 344 g/mol. The molecule has 0 spiro atoms.